The predicted octanol–water partition coefficient (Wildman–Crippen LogP) is 5.98. The van der Waals surface area contributed by atoms with Crippen molar-refractivity contribution in [3.63, 3.8) is 0 Å². The number of rotatable bonds is 7. The number of halogens is 2. The van der Waals surface area contributed by atoms with Crippen LogP contribution in [0.25, 0.3) is 11.0 Å². The lowest BCUT2D eigenvalue weighted by Gasteiger charge is -2.12. The number of carbonyl (C=O) groups is 1. The van der Waals surface area contributed by atoms with Crippen molar-refractivity contribution in [3.8, 4) is 11.5 Å². The molecule has 0 bridgehead atoms. The summed E-state index contributed by atoms with van der Waals surface area (Å²) < 4.78 is 8.13. The van der Waals surface area contributed by atoms with Crippen molar-refractivity contribution in [2.24, 2.45) is 5.92 Å². The van der Waals surface area contributed by atoms with E-state index in [-0.39, 0.29) is 16.5 Å². The van der Waals surface area contributed by atoms with Crippen molar-refractivity contribution in [2.75, 3.05) is 0 Å². The Bertz CT molecular complexity index is 1000. The normalized spacial score (nSPS) is 11.4. The summed E-state index contributed by atoms with van der Waals surface area (Å²) in [6, 6.07) is 8.79. The second kappa shape index (κ2) is 8.41. The SMILES string of the molecule is CCn1c(CC(C)C)nc2ccc(Oc3c(Cl)cc(CC(=O)O)cc3Cl)cc21. The van der Waals surface area contributed by atoms with E-state index in [9.17, 15) is 4.79 Å². The minimum atomic E-state index is -0.948. The number of nitrogens with zero attached hydrogens (tertiary/aromatic N) is 2. The van der Waals surface area contributed by atoms with Crippen LogP contribution in [0.15, 0.2) is 30.3 Å². The fourth-order valence-corrected chi connectivity index (χ4v) is 3.80. The van der Waals surface area contributed by atoms with E-state index >= 15 is 0 Å². The lowest BCUT2D eigenvalue weighted by atomic mass is 10.1. The van der Waals surface area contributed by atoms with Crippen molar-refractivity contribution in [2.45, 2.75) is 40.2 Å². The van der Waals surface area contributed by atoms with Crippen LogP contribution in [0.3, 0.4) is 0 Å². The number of hydrogen-bond donors (Lipinski definition) is 1. The molecule has 7 heteroatoms. The molecule has 3 aromatic rings. The molecule has 0 aliphatic rings. The van der Waals surface area contributed by atoms with Gasteiger partial charge in [0.2, 0.25) is 0 Å². The zero-order valence-electron chi connectivity index (χ0n) is 16.0. The minimum absolute atomic E-state index is 0.153. The van der Waals surface area contributed by atoms with E-state index in [1.54, 1.807) is 12.1 Å². The Hall–Kier alpha value is -2.24. The van der Waals surface area contributed by atoms with Crippen LogP contribution in [0, 0.1) is 5.92 Å². The molecule has 1 heterocycles. The summed E-state index contributed by atoms with van der Waals surface area (Å²) >= 11 is 12.6. The van der Waals surface area contributed by atoms with E-state index in [1.165, 1.54) is 0 Å². The molecule has 0 unspecified atom stereocenters. The van der Waals surface area contributed by atoms with Crippen molar-refractivity contribution >= 4 is 40.2 Å². The number of aryl methyl sites for hydroxylation is 1. The molecule has 0 aliphatic heterocycles. The molecule has 5 nitrogen and oxygen atoms in total. The van der Waals surface area contributed by atoms with Gasteiger partial charge in [-0.2, -0.15) is 0 Å². The molecule has 0 fully saturated rings. The Morgan fingerprint density at radius 3 is 2.46 bits per heavy atom. The second-order valence-electron chi connectivity index (χ2n) is 7.08. The van der Waals surface area contributed by atoms with Gasteiger partial charge in [-0.1, -0.05) is 37.0 Å². The third-order valence-corrected chi connectivity index (χ3v) is 4.90. The lowest BCUT2D eigenvalue weighted by Crippen LogP contribution is -2.05. The molecule has 0 amide bonds. The van der Waals surface area contributed by atoms with Crippen molar-refractivity contribution in [3.05, 3.63) is 51.8 Å². The highest BCUT2D eigenvalue weighted by molar-refractivity contribution is 6.37. The summed E-state index contributed by atoms with van der Waals surface area (Å²) in [5, 5.41) is 9.48. The summed E-state index contributed by atoms with van der Waals surface area (Å²) in [5.74, 6) is 1.52. The number of carboxylic acid groups (broad SMARTS) is 1. The first-order valence-electron chi connectivity index (χ1n) is 9.15. The largest absolute Gasteiger partial charge is 0.481 e. The summed E-state index contributed by atoms with van der Waals surface area (Å²) in [6.45, 7) is 7.25. The van der Waals surface area contributed by atoms with Gasteiger partial charge in [-0.25, -0.2) is 4.98 Å². The molecule has 0 spiro atoms. The first-order chi connectivity index (χ1) is 13.3. The van der Waals surface area contributed by atoms with Crippen LogP contribution in [0.1, 0.15) is 32.2 Å². The van der Waals surface area contributed by atoms with Gasteiger partial charge in [0, 0.05) is 19.0 Å². The summed E-state index contributed by atoms with van der Waals surface area (Å²) in [6.07, 6.45) is 0.751. The van der Waals surface area contributed by atoms with Gasteiger partial charge in [-0.05, 0) is 42.7 Å². The van der Waals surface area contributed by atoms with Crippen LogP contribution in [-0.2, 0) is 24.2 Å². The third kappa shape index (κ3) is 4.42. The van der Waals surface area contributed by atoms with Gasteiger partial charge in [0.15, 0.2) is 5.75 Å². The van der Waals surface area contributed by atoms with Crippen LogP contribution in [-0.4, -0.2) is 20.6 Å². The third-order valence-electron chi connectivity index (χ3n) is 4.34. The molecule has 3 rings (SSSR count). The topological polar surface area (TPSA) is 64.4 Å². The first-order valence-corrected chi connectivity index (χ1v) is 9.90. The summed E-state index contributed by atoms with van der Waals surface area (Å²) in [7, 11) is 0. The van der Waals surface area contributed by atoms with Gasteiger partial charge < -0.3 is 14.4 Å². The Labute approximate surface area is 173 Å². The molecule has 1 aromatic heterocycles. The molecular formula is C21H22Cl2N2O3. The van der Waals surface area contributed by atoms with Gasteiger partial charge in [-0.3, -0.25) is 4.79 Å². The van der Waals surface area contributed by atoms with E-state index < -0.39 is 5.97 Å². The predicted molar refractivity (Wildman–Crippen MR) is 112 cm³/mol. The Balaban J connectivity index is 1.95. The monoisotopic (exact) mass is 420 g/mol. The second-order valence-corrected chi connectivity index (χ2v) is 7.90. The average molecular weight is 421 g/mol. The first kappa shape index (κ1) is 20.5. The highest BCUT2D eigenvalue weighted by atomic mass is 35.5. The Morgan fingerprint density at radius 1 is 1.21 bits per heavy atom. The molecule has 1 N–H and O–H groups in total. The van der Waals surface area contributed by atoms with E-state index in [2.05, 4.69) is 25.3 Å². The van der Waals surface area contributed by atoms with Crippen LogP contribution >= 0.6 is 23.2 Å². The number of fused-ring (bicyclic) bond motifs is 1. The maximum atomic E-state index is 10.9. The molecule has 0 saturated heterocycles. The molecular weight excluding hydrogens is 399 g/mol. The van der Waals surface area contributed by atoms with Crippen LogP contribution in [0.4, 0.5) is 0 Å². The summed E-state index contributed by atoms with van der Waals surface area (Å²) in [4.78, 5) is 15.6. The molecule has 0 aliphatic carbocycles. The zero-order chi connectivity index (χ0) is 20.4. The summed E-state index contributed by atoms with van der Waals surface area (Å²) in [5.41, 5.74) is 2.43. The van der Waals surface area contributed by atoms with E-state index in [4.69, 9.17) is 38.0 Å². The maximum absolute atomic E-state index is 10.9. The fourth-order valence-electron chi connectivity index (χ4n) is 3.19. The Morgan fingerprint density at radius 2 is 1.89 bits per heavy atom. The van der Waals surface area contributed by atoms with Crippen molar-refractivity contribution in [1.29, 1.82) is 0 Å². The molecule has 148 valence electrons. The van der Waals surface area contributed by atoms with Crippen molar-refractivity contribution < 1.29 is 14.6 Å². The lowest BCUT2D eigenvalue weighted by molar-refractivity contribution is -0.136. The highest BCUT2D eigenvalue weighted by Gasteiger charge is 2.15. The van der Waals surface area contributed by atoms with Crippen molar-refractivity contribution in [1.82, 2.24) is 9.55 Å². The van der Waals surface area contributed by atoms with Gasteiger partial charge in [0.05, 0.1) is 27.5 Å². The average Bonchev–Trinajstić information content (AvgIpc) is 2.93. The highest BCUT2D eigenvalue weighted by Crippen LogP contribution is 2.38. The molecule has 28 heavy (non-hydrogen) atoms. The van der Waals surface area contributed by atoms with E-state index in [0.29, 0.717) is 23.0 Å². The number of imidazole rings is 1. The molecule has 0 atom stereocenters. The number of aromatic nitrogens is 2. The van der Waals surface area contributed by atoms with Crippen LogP contribution in [0.5, 0.6) is 11.5 Å². The van der Waals surface area contributed by atoms with Gasteiger partial charge in [0.1, 0.15) is 11.6 Å². The maximum Gasteiger partial charge on any atom is 0.307 e. The minimum Gasteiger partial charge on any atom is -0.481 e. The van der Waals surface area contributed by atoms with Crippen LogP contribution < -0.4 is 4.74 Å². The van der Waals surface area contributed by atoms with Gasteiger partial charge in [0.25, 0.3) is 0 Å². The Kier molecular flexibility index (Phi) is 6.16. The number of hydrogen-bond acceptors (Lipinski definition) is 3. The van der Waals surface area contributed by atoms with Gasteiger partial charge in [-0.15, -0.1) is 0 Å². The van der Waals surface area contributed by atoms with E-state index in [1.807, 2.05) is 18.2 Å². The molecule has 0 radical (unpaired) electrons. The van der Waals surface area contributed by atoms with E-state index in [0.717, 1.165) is 29.8 Å². The zero-order valence-corrected chi connectivity index (χ0v) is 17.5. The number of benzene rings is 2. The standard InChI is InChI=1S/C21H22Cl2N2O3/c1-4-25-18-11-14(5-6-17(18)24-19(25)7-12(2)3)28-21-15(22)8-13(9-16(21)23)10-20(26)27/h5-6,8-9,11-12H,4,7,10H2,1-3H3,(H,26,27). The molecule has 0 saturated carbocycles. The quantitative estimate of drug-likeness (QED) is 0.510. The number of aliphatic carboxylic acids is 1. The number of ether oxygens (including phenoxy) is 1. The van der Waals surface area contributed by atoms with Crippen LogP contribution in [0.2, 0.25) is 10.0 Å². The number of carboxylic acids is 1. The smallest absolute Gasteiger partial charge is 0.307 e. The van der Waals surface area contributed by atoms with Gasteiger partial charge >= 0.3 is 5.97 Å². The molecule has 2 aromatic carbocycles. The fraction of sp³-hybridized carbons (Fsp3) is 0.333.